The molecule has 0 aliphatic heterocycles. The van der Waals surface area contributed by atoms with Gasteiger partial charge in [-0.2, -0.15) is 0 Å². The molecule has 0 radical (unpaired) electrons. The van der Waals surface area contributed by atoms with Crippen LogP contribution in [0.5, 0.6) is 11.5 Å². The molecule has 0 bridgehead atoms. The van der Waals surface area contributed by atoms with Crippen LogP contribution < -0.4 is 18.9 Å². The normalized spacial score (nSPS) is 11.6. The SMILES string of the molecule is CCOc1ccc(S(=O)(=O)Nc2ccc(S(=O)(=O)Nc3ccccc3)cc2)cc1OCC. The second-order valence-corrected chi connectivity index (χ2v) is 9.94. The number of sulfonamides is 2. The van der Waals surface area contributed by atoms with Crippen LogP contribution in [-0.4, -0.2) is 30.0 Å². The Balaban J connectivity index is 1.79. The van der Waals surface area contributed by atoms with Crippen molar-refractivity contribution in [3.8, 4) is 11.5 Å². The van der Waals surface area contributed by atoms with Crippen molar-refractivity contribution in [1.82, 2.24) is 0 Å². The summed E-state index contributed by atoms with van der Waals surface area (Å²) < 4.78 is 66.5. The van der Waals surface area contributed by atoms with Gasteiger partial charge < -0.3 is 9.47 Å². The first-order valence-corrected chi connectivity index (χ1v) is 12.8. The molecule has 3 aromatic carbocycles. The zero-order valence-electron chi connectivity index (χ0n) is 17.6. The highest BCUT2D eigenvalue weighted by atomic mass is 32.2. The fourth-order valence-electron chi connectivity index (χ4n) is 2.84. The van der Waals surface area contributed by atoms with Crippen molar-refractivity contribution in [3.05, 3.63) is 72.8 Å². The highest BCUT2D eigenvalue weighted by molar-refractivity contribution is 7.93. The van der Waals surface area contributed by atoms with Crippen molar-refractivity contribution in [2.45, 2.75) is 23.6 Å². The molecule has 0 unspecified atom stereocenters. The number of ether oxygens (including phenoxy) is 2. The van der Waals surface area contributed by atoms with Crippen LogP contribution in [0.4, 0.5) is 11.4 Å². The van der Waals surface area contributed by atoms with Crippen LogP contribution in [0.2, 0.25) is 0 Å². The van der Waals surface area contributed by atoms with E-state index in [1.54, 1.807) is 37.3 Å². The summed E-state index contributed by atoms with van der Waals surface area (Å²) in [5, 5.41) is 0. The molecule has 0 spiro atoms. The molecule has 170 valence electrons. The lowest BCUT2D eigenvalue weighted by molar-refractivity contribution is 0.287. The summed E-state index contributed by atoms with van der Waals surface area (Å²) in [4.78, 5) is -0.00385. The zero-order valence-corrected chi connectivity index (χ0v) is 19.2. The molecule has 32 heavy (non-hydrogen) atoms. The van der Waals surface area contributed by atoms with Crippen LogP contribution in [0.1, 0.15) is 13.8 Å². The topological polar surface area (TPSA) is 111 Å². The highest BCUT2D eigenvalue weighted by Gasteiger charge is 2.19. The molecule has 2 N–H and O–H groups in total. The van der Waals surface area contributed by atoms with E-state index in [0.717, 1.165) is 0 Å². The maximum absolute atomic E-state index is 12.8. The molecule has 0 aromatic heterocycles. The summed E-state index contributed by atoms with van der Waals surface area (Å²) >= 11 is 0. The Morgan fingerprint density at radius 2 is 1.12 bits per heavy atom. The van der Waals surface area contributed by atoms with Crippen LogP contribution >= 0.6 is 0 Å². The fourth-order valence-corrected chi connectivity index (χ4v) is 4.97. The van der Waals surface area contributed by atoms with E-state index in [9.17, 15) is 16.8 Å². The molecule has 0 saturated heterocycles. The predicted molar refractivity (Wildman–Crippen MR) is 123 cm³/mol. The van der Waals surface area contributed by atoms with E-state index < -0.39 is 20.0 Å². The number of benzene rings is 3. The summed E-state index contributed by atoms with van der Waals surface area (Å²) in [6.07, 6.45) is 0. The first-order chi connectivity index (χ1) is 15.2. The minimum Gasteiger partial charge on any atom is -0.490 e. The molecule has 0 saturated carbocycles. The van der Waals surface area contributed by atoms with Crippen molar-refractivity contribution in [2.24, 2.45) is 0 Å². The minimum atomic E-state index is -3.93. The van der Waals surface area contributed by atoms with E-state index in [2.05, 4.69) is 9.44 Å². The third-order valence-corrected chi connectivity index (χ3v) is 7.04. The maximum Gasteiger partial charge on any atom is 0.262 e. The van der Waals surface area contributed by atoms with Gasteiger partial charge in [-0.25, -0.2) is 16.8 Å². The van der Waals surface area contributed by atoms with Gasteiger partial charge in [-0.15, -0.1) is 0 Å². The molecule has 0 heterocycles. The average Bonchev–Trinajstić information content (AvgIpc) is 2.76. The summed E-state index contributed by atoms with van der Waals surface area (Å²) in [7, 11) is -7.74. The van der Waals surface area contributed by atoms with Crippen molar-refractivity contribution < 1.29 is 26.3 Å². The number of hydrogen-bond acceptors (Lipinski definition) is 6. The van der Waals surface area contributed by atoms with Gasteiger partial charge in [0.1, 0.15) is 0 Å². The quantitative estimate of drug-likeness (QED) is 0.456. The summed E-state index contributed by atoms with van der Waals surface area (Å²) in [5.74, 6) is 0.777. The molecule has 0 aliphatic rings. The van der Waals surface area contributed by atoms with Crippen LogP contribution in [0, 0.1) is 0 Å². The lowest BCUT2D eigenvalue weighted by Crippen LogP contribution is -2.15. The van der Waals surface area contributed by atoms with Crippen molar-refractivity contribution in [2.75, 3.05) is 22.7 Å². The van der Waals surface area contributed by atoms with Gasteiger partial charge in [-0.05, 0) is 62.4 Å². The molecule has 8 nitrogen and oxygen atoms in total. The summed E-state index contributed by atoms with van der Waals surface area (Å²) in [5.41, 5.74) is 0.647. The van der Waals surface area contributed by atoms with E-state index in [1.165, 1.54) is 42.5 Å². The molecule has 0 aliphatic carbocycles. The van der Waals surface area contributed by atoms with Gasteiger partial charge in [0, 0.05) is 17.4 Å². The molecular formula is C22H24N2O6S2. The van der Waals surface area contributed by atoms with Gasteiger partial charge in [0.05, 0.1) is 23.0 Å². The van der Waals surface area contributed by atoms with E-state index in [4.69, 9.17) is 9.47 Å². The third kappa shape index (κ3) is 5.71. The van der Waals surface area contributed by atoms with Crippen LogP contribution in [0.3, 0.4) is 0 Å². The number of anilines is 2. The second kappa shape index (κ2) is 9.92. The number of rotatable bonds is 10. The Morgan fingerprint density at radius 3 is 1.72 bits per heavy atom. The van der Waals surface area contributed by atoms with Crippen LogP contribution in [0.25, 0.3) is 0 Å². The Kier molecular flexibility index (Phi) is 7.26. The third-order valence-electron chi connectivity index (χ3n) is 4.27. The number of para-hydroxylation sites is 1. The molecule has 3 aromatic rings. The number of nitrogens with one attached hydrogen (secondary N) is 2. The van der Waals surface area contributed by atoms with Gasteiger partial charge in [-0.3, -0.25) is 9.44 Å². The number of hydrogen-bond donors (Lipinski definition) is 2. The lowest BCUT2D eigenvalue weighted by Gasteiger charge is -2.14. The van der Waals surface area contributed by atoms with Crippen molar-refractivity contribution in [1.29, 1.82) is 0 Å². The van der Waals surface area contributed by atoms with Gasteiger partial charge in [-0.1, -0.05) is 18.2 Å². The largest absolute Gasteiger partial charge is 0.490 e. The molecule has 10 heteroatoms. The monoisotopic (exact) mass is 476 g/mol. The molecule has 0 fully saturated rings. The van der Waals surface area contributed by atoms with E-state index >= 15 is 0 Å². The van der Waals surface area contributed by atoms with Gasteiger partial charge in [0.25, 0.3) is 20.0 Å². The first-order valence-electron chi connectivity index (χ1n) is 9.85. The smallest absolute Gasteiger partial charge is 0.262 e. The minimum absolute atomic E-state index is 0.00370. The van der Waals surface area contributed by atoms with E-state index in [0.29, 0.717) is 30.4 Å². The Morgan fingerprint density at radius 1 is 0.625 bits per heavy atom. The molecule has 0 amide bonds. The van der Waals surface area contributed by atoms with Gasteiger partial charge in [0.2, 0.25) is 0 Å². The lowest BCUT2D eigenvalue weighted by atomic mass is 10.3. The van der Waals surface area contributed by atoms with E-state index in [-0.39, 0.29) is 15.5 Å². The average molecular weight is 477 g/mol. The Labute approximate surface area is 188 Å². The Hall–Kier alpha value is -3.24. The second-order valence-electron chi connectivity index (χ2n) is 6.58. The fraction of sp³-hybridized carbons (Fsp3) is 0.182. The maximum atomic E-state index is 12.8. The molecular weight excluding hydrogens is 452 g/mol. The Bertz CT molecular complexity index is 1260. The van der Waals surface area contributed by atoms with Crippen molar-refractivity contribution >= 4 is 31.4 Å². The zero-order chi connectivity index (χ0) is 23.2. The highest BCUT2D eigenvalue weighted by Crippen LogP contribution is 2.31. The van der Waals surface area contributed by atoms with Crippen LogP contribution in [-0.2, 0) is 20.0 Å². The van der Waals surface area contributed by atoms with E-state index in [1.807, 2.05) is 6.92 Å². The van der Waals surface area contributed by atoms with Crippen molar-refractivity contribution in [3.63, 3.8) is 0 Å². The summed E-state index contributed by atoms with van der Waals surface area (Å²) in [6, 6.07) is 18.2. The van der Waals surface area contributed by atoms with Gasteiger partial charge >= 0.3 is 0 Å². The van der Waals surface area contributed by atoms with Gasteiger partial charge in [0.15, 0.2) is 11.5 Å². The van der Waals surface area contributed by atoms with Crippen LogP contribution in [0.15, 0.2) is 82.6 Å². The first kappa shape index (κ1) is 23.4. The predicted octanol–water partition coefficient (Wildman–Crippen LogP) is 4.09. The standard InChI is InChI=1S/C22H24N2O6S2/c1-3-29-21-15-14-20(16-22(21)30-4-2)32(27,28)24-18-10-12-19(13-11-18)31(25,26)23-17-8-6-5-7-9-17/h5-16,23-24H,3-4H2,1-2H3. The molecule has 3 rings (SSSR count). The summed E-state index contributed by atoms with van der Waals surface area (Å²) in [6.45, 7) is 4.38. The molecule has 0 atom stereocenters.